The minimum atomic E-state index is -2.24. The summed E-state index contributed by atoms with van der Waals surface area (Å²) in [4.78, 5) is 34.0. The predicted molar refractivity (Wildman–Crippen MR) is 72.3 cm³/mol. The summed E-state index contributed by atoms with van der Waals surface area (Å²) in [6.45, 7) is 3.56. The summed E-state index contributed by atoms with van der Waals surface area (Å²) in [5.41, 5.74) is 4.25. The maximum atomic E-state index is 12.2. The standard InChI is InChI=1S/C14H15NO5/c1-2-9-3-5-10(6-4-9)12(18)14(15,13(19)20)8-7-11(16)17/h2-6H,1,7-8,15H2,(H,16,17)(H,19,20)/t14-/m1/s1. The number of Topliss-reactive ketones (excluding diaryl/α,β-unsaturated/α-hetero) is 1. The molecule has 0 bridgehead atoms. The molecular formula is C14H15NO5. The lowest BCUT2D eigenvalue weighted by Crippen LogP contribution is -2.55. The van der Waals surface area contributed by atoms with Crippen molar-refractivity contribution in [2.24, 2.45) is 5.73 Å². The SMILES string of the molecule is C=Cc1ccc(C(=O)[C@](N)(CCC(=O)O)C(=O)O)cc1. The Morgan fingerprint density at radius 1 is 1.20 bits per heavy atom. The van der Waals surface area contributed by atoms with Gasteiger partial charge in [0.15, 0.2) is 11.3 Å². The second-order valence-corrected chi connectivity index (χ2v) is 4.33. The minimum absolute atomic E-state index is 0.117. The summed E-state index contributed by atoms with van der Waals surface area (Å²) in [7, 11) is 0. The molecule has 0 fully saturated rings. The van der Waals surface area contributed by atoms with Crippen LogP contribution in [0.4, 0.5) is 0 Å². The molecular weight excluding hydrogens is 262 g/mol. The smallest absolute Gasteiger partial charge is 0.331 e. The van der Waals surface area contributed by atoms with Crippen molar-refractivity contribution in [2.45, 2.75) is 18.4 Å². The third kappa shape index (κ3) is 3.30. The molecule has 1 atom stereocenters. The van der Waals surface area contributed by atoms with Crippen LogP contribution in [0.5, 0.6) is 0 Å². The Kier molecular flexibility index (Phi) is 4.77. The summed E-state index contributed by atoms with van der Waals surface area (Å²) >= 11 is 0. The Morgan fingerprint density at radius 3 is 2.15 bits per heavy atom. The van der Waals surface area contributed by atoms with E-state index >= 15 is 0 Å². The lowest BCUT2D eigenvalue weighted by molar-refractivity contribution is -0.142. The zero-order valence-electron chi connectivity index (χ0n) is 10.7. The van der Waals surface area contributed by atoms with Crippen LogP contribution in [0.25, 0.3) is 6.08 Å². The number of carboxylic acids is 2. The zero-order chi connectivity index (χ0) is 15.3. The molecule has 106 valence electrons. The fraction of sp³-hybridized carbons (Fsp3) is 0.214. The number of hydrogen-bond donors (Lipinski definition) is 3. The third-order valence-corrected chi connectivity index (χ3v) is 2.93. The number of hydrogen-bond acceptors (Lipinski definition) is 4. The van der Waals surface area contributed by atoms with E-state index in [9.17, 15) is 14.4 Å². The highest BCUT2D eigenvalue weighted by Gasteiger charge is 2.42. The molecule has 0 saturated carbocycles. The molecule has 0 unspecified atom stereocenters. The summed E-state index contributed by atoms with van der Waals surface area (Å²) in [6, 6.07) is 6.06. The molecule has 6 heteroatoms. The van der Waals surface area contributed by atoms with Gasteiger partial charge < -0.3 is 15.9 Å². The number of carboxylic acid groups (broad SMARTS) is 2. The van der Waals surface area contributed by atoms with Crippen molar-refractivity contribution >= 4 is 23.8 Å². The molecule has 0 aromatic heterocycles. The zero-order valence-corrected chi connectivity index (χ0v) is 10.7. The van der Waals surface area contributed by atoms with Crippen molar-refractivity contribution in [3.63, 3.8) is 0 Å². The van der Waals surface area contributed by atoms with Crippen LogP contribution in [0.2, 0.25) is 0 Å². The van der Waals surface area contributed by atoms with Crippen LogP contribution in [0.15, 0.2) is 30.8 Å². The van der Waals surface area contributed by atoms with Gasteiger partial charge in [-0.2, -0.15) is 0 Å². The Hall–Kier alpha value is -2.47. The van der Waals surface area contributed by atoms with E-state index in [4.69, 9.17) is 15.9 Å². The highest BCUT2D eigenvalue weighted by atomic mass is 16.4. The Bertz CT molecular complexity index is 549. The second-order valence-electron chi connectivity index (χ2n) is 4.33. The van der Waals surface area contributed by atoms with Gasteiger partial charge in [0, 0.05) is 12.0 Å². The number of benzene rings is 1. The molecule has 0 aliphatic carbocycles. The molecule has 1 aromatic rings. The van der Waals surface area contributed by atoms with Crippen molar-refractivity contribution in [2.75, 3.05) is 0 Å². The van der Waals surface area contributed by atoms with Crippen LogP contribution in [0.3, 0.4) is 0 Å². The lowest BCUT2D eigenvalue weighted by atomic mass is 9.85. The molecule has 20 heavy (non-hydrogen) atoms. The van der Waals surface area contributed by atoms with Crippen molar-refractivity contribution in [3.05, 3.63) is 42.0 Å². The van der Waals surface area contributed by atoms with Crippen LogP contribution in [0.1, 0.15) is 28.8 Å². The van der Waals surface area contributed by atoms with E-state index in [0.29, 0.717) is 0 Å². The molecule has 0 spiro atoms. The topological polar surface area (TPSA) is 118 Å². The molecule has 0 radical (unpaired) electrons. The van der Waals surface area contributed by atoms with Crippen LogP contribution in [-0.2, 0) is 9.59 Å². The largest absolute Gasteiger partial charge is 0.481 e. The number of carbonyl (C=O) groups excluding carboxylic acids is 1. The third-order valence-electron chi connectivity index (χ3n) is 2.93. The number of carbonyl (C=O) groups is 3. The van der Waals surface area contributed by atoms with Gasteiger partial charge >= 0.3 is 11.9 Å². The first kappa shape index (κ1) is 15.6. The van der Waals surface area contributed by atoms with E-state index in [1.807, 2.05) is 0 Å². The summed E-state index contributed by atoms with van der Waals surface area (Å²) in [6.07, 6.45) is 0.602. The number of aliphatic carboxylic acids is 2. The monoisotopic (exact) mass is 277 g/mol. The fourth-order valence-corrected chi connectivity index (χ4v) is 1.65. The molecule has 0 aliphatic rings. The molecule has 1 rings (SSSR count). The van der Waals surface area contributed by atoms with Crippen molar-refractivity contribution in [1.29, 1.82) is 0 Å². The van der Waals surface area contributed by atoms with Crippen LogP contribution < -0.4 is 5.73 Å². The number of nitrogens with two attached hydrogens (primary N) is 1. The molecule has 4 N–H and O–H groups in total. The average molecular weight is 277 g/mol. The van der Waals surface area contributed by atoms with Gasteiger partial charge in [-0.05, 0) is 12.0 Å². The van der Waals surface area contributed by atoms with E-state index in [-0.39, 0.29) is 5.56 Å². The van der Waals surface area contributed by atoms with Gasteiger partial charge in [0.05, 0.1) is 0 Å². The average Bonchev–Trinajstić information content (AvgIpc) is 2.43. The number of rotatable bonds is 7. The molecule has 0 amide bonds. The minimum Gasteiger partial charge on any atom is -0.481 e. The predicted octanol–water partition coefficient (Wildman–Crippen LogP) is 1.16. The van der Waals surface area contributed by atoms with Gasteiger partial charge in [0.1, 0.15) is 0 Å². The first-order chi connectivity index (χ1) is 9.31. The van der Waals surface area contributed by atoms with E-state index in [1.165, 1.54) is 12.1 Å². The van der Waals surface area contributed by atoms with Crippen LogP contribution in [0, 0.1) is 0 Å². The molecule has 0 aliphatic heterocycles. The maximum absolute atomic E-state index is 12.2. The summed E-state index contributed by atoms with van der Waals surface area (Å²) in [5.74, 6) is -3.57. The second kappa shape index (κ2) is 6.12. The van der Waals surface area contributed by atoms with Crippen molar-refractivity contribution < 1.29 is 24.6 Å². The normalized spacial score (nSPS) is 13.2. The van der Waals surface area contributed by atoms with Gasteiger partial charge in [-0.3, -0.25) is 9.59 Å². The van der Waals surface area contributed by atoms with Crippen molar-refractivity contribution in [1.82, 2.24) is 0 Å². The van der Waals surface area contributed by atoms with Gasteiger partial charge in [-0.15, -0.1) is 0 Å². The van der Waals surface area contributed by atoms with Crippen LogP contribution >= 0.6 is 0 Å². The van der Waals surface area contributed by atoms with Gasteiger partial charge in [-0.25, -0.2) is 4.79 Å². The van der Waals surface area contributed by atoms with Gasteiger partial charge in [-0.1, -0.05) is 36.9 Å². The highest BCUT2D eigenvalue weighted by Crippen LogP contribution is 2.18. The summed E-state index contributed by atoms with van der Waals surface area (Å²) < 4.78 is 0. The Morgan fingerprint density at radius 2 is 1.75 bits per heavy atom. The Balaban J connectivity index is 3.06. The molecule has 0 saturated heterocycles. The van der Waals surface area contributed by atoms with Gasteiger partial charge in [0.25, 0.3) is 0 Å². The molecule has 1 aromatic carbocycles. The van der Waals surface area contributed by atoms with E-state index < -0.39 is 36.1 Å². The van der Waals surface area contributed by atoms with E-state index in [1.54, 1.807) is 18.2 Å². The quantitative estimate of drug-likeness (QED) is 0.508. The number of ketones is 1. The van der Waals surface area contributed by atoms with Crippen LogP contribution in [-0.4, -0.2) is 33.5 Å². The van der Waals surface area contributed by atoms with E-state index in [2.05, 4.69) is 6.58 Å². The fourth-order valence-electron chi connectivity index (χ4n) is 1.65. The first-order valence-electron chi connectivity index (χ1n) is 5.82. The Labute approximate surface area is 115 Å². The molecule has 6 nitrogen and oxygen atoms in total. The van der Waals surface area contributed by atoms with Crippen molar-refractivity contribution in [3.8, 4) is 0 Å². The van der Waals surface area contributed by atoms with Gasteiger partial charge in [0.2, 0.25) is 0 Å². The summed E-state index contributed by atoms with van der Waals surface area (Å²) in [5, 5.41) is 17.7. The highest BCUT2D eigenvalue weighted by molar-refractivity contribution is 6.16. The van der Waals surface area contributed by atoms with E-state index in [0.717, 1.165) is 5.56 Å². The lowest BCUT2D eigenvalue weighted by Gasteiger charge is -2.22. The molecule has 0 heterocycles. The first-order valence-corrected chi connectivity index (χ1v) is 5.82. The maximum Gasteiger partial charge on any atom is 0.331 e.